The maximum atomic E-state index is 5.09. The van der Waals surface area contributed by atoms with Crippen LogP contribution in [0.15, 0.2) is 170 Å². The molecule has 0 amide bonds. The molecule has 4 heteroatoms. The van der Waals surface area contributed by atoms with E-state index >= 15 is 0 Å². The second kappa shape index (κ2) is 12.7. The molecular weight excluding hydrogens is 627 g/mol. The normalized spacial score (nSPS) is 11.3. The Kier molecular flexibility index (Phi) is 7.57. The zero-order valence-electron chi connectivity index (χ0n) is 27.4. The summed E-state index contributed by atoms with van der Waals surface area (Å²) in [6, 6.07) is 59.9. The first kappa shape index (κ1) is 29.9. The Hall–Kier alpha value is -6.23. The van der Waals surface area contributed by atoms with Crippen molar-refractivity contribution in [1.29, 1.82) is 0 Å². The fraction of sp³-hybridized carbons (Fsp3) is 0.0217. The Labute approximate surface area is 295 Å². The lowest BCUT2D eigenvalue weighted by molar-refractivity contribution is 1.07. The predicted molar refractivity (Wildman–Crippen MR) is 210 cm³/mol. The van der Waals surface area contributed by atoms with Crippen molar-refractivity contribution < 1.29 is 0 Å². The Bertz CT molecular complexity index is 2640. The summed E-state index contributed by atoms with van der Waals surface area (Å²) < 4.78 is 2.46. The van der Waals surface area contributed by atoms with Crippen molar-refractivity contribution in [3.05, 3.63) is 175 Å². The van der Waals surface area contributed by atoms with Crippen LogP contribution in [0.25, 0.3) is 87.7 Å². The maximum absolute atomic E-state index is 5.09. The minimum Gasteiger partial charge on any atom is -0.208 e. The molecule has 0 bridgehead atoms. The number of fused-ring (bicyclic) bond motifs is 3. The molecular formula is C46H31N3S. The molecule has 0 aliphatic carbocycles. The van der Waals surface area contributed by atoms with Crippen molar-refractivity contribution >= 4 is 31.5 Å². The van der Waals surface area contributed by atoms with Crippen LogP contribution in [0.1, 0.15) is 5.56 Å². The Morgan fingerprint density at radius 3 is 1.60 bits per heavy atom. The lowest BCUT2D eigenvalue weighted by atomic mass is 9.97. The number of aromatic nitrogens is 3. The van der Waals surface area contributed by atoms with Crippen LogP contribution in [0.5, 0.6) is 0 Å². The van der Waals surface area contributed by atoms with Gasteiger partial charge in [0.25, 0.3) is 0 Å². The second-order valence-corrected chi connectivity index (χ2v) is 13.6. The summed E-state index contributed by atoms with van der Waals surface area (Å²) in [6.07, 6.45) is 0. The van der Waals surface area contributed by atoms with Crippen LogP contribution in [0.2, 0.25) is 0 Å². The summed E-state index contributed by atoms with van der Waals surface area (Å²) in [4.78, 5) is 15.1. The van der Waals surface area contributed by atoms with Gasteiger partial charge in [-0.3, -0.25) is 0 Å². The average Bonchev–Trinajstić information content (AvgIpc) is 3.57. The summed E-state index contributed by atoms with van der Waals surface area (Å²) in [5.74, 6) is 1.97. The van der Waals surface area contributed by atoms with E-state index in [1.807, 2.05) is 29.5 Å². The van der Waals surface area contributed by atoms with Crippen LogP contribution >= 0.6 is 11.3 Å². The molecule has 0 N–H and O–H groups in total. The summed E-state index contributed by atoms with van der Waals surface area (Å²) in [6.45, 7) is 2.12. The van der Waals surface area contributed by atoms with Crippen LogP contribution in [0, 0.1) is 6.92 Å². The van der Waals surface area contributed by atoms with E-state index in [-0.39, 0.29) is 0 Å². The Morgan fingerprint density at radius 1 is 0.360 bits per heavy atom. The molecule has 0 atom stereocenters. The molecule has 7 aromatic carbocycles. The number of thiophene rings is 1. The predicted octanol–water partition coefficient (Wildman–Crippen LogP) is 12.5. The lowest BCUT2D eigenvalue weighted by Gasteiger charge is -2.10. The first-order valence-electron chi connectivity index (χ1n) is 16.8. The number of aryl methyl sites for hydroxylation is 1. The fourth-order valence-corrected chi connectivity index (χ4v) is 7.86. The molecule has 0 saturated heterocycles. The highest BCUT2D eigenvalue weighted by molar-refractivity contribution is 7.26. The highest BCUT2D eigenvalue weighted by atomic mass is 32.1. The second-order valence-electron chi connectivity index (χ2n) is 12.6. The quantitative estimate of drug-likeness (QED) is 0.179. The molecule has 0 spiro atoms. The molecule has 0 aliphatic rings. The summed E-state index contributed by atoms with van der Waals surface area (Å²) in [5.41, 5.74) is 11.3. The SMILES string of the molecule is Cc1cccc(-c2cccc(-c3nc(-c4ccccc4)nc(-c4ccc5c(c4)sc4cccc(-c6ccc(-c7ccccc7)cc6)c45)n3)c2)c1. The van der Waals surface area contributed by atoms with E-state index in [0.717, 1.165) is 22.3 Å². The van der Waals surface area contributed by atoms with Gasteiger partial charge in [0.05, 0.1) is 0 Å². The molecule has 9 aromatic rings. The van der Waals surface area contributed by atoms with Gasteiger partial charge in [0.1, 0.15) is 0 Å². The number of nitrogens with zero attached hydrogens (tertiary/aromatic N) is 3. The van der Waals surface area contributed by atoms with Gasteiger partial charge in [-0.15, -0.1) is 11.3 Å². The van der Waals surface area contributed by atoms with Crippen molar-refractivity contribution in [2.45, 2.75) is 6.92 Å². The molecule has 2 aromatic heterocycles. The number of benzene rings is 7. The van der Waals surface area contributed by atoms with Crippen molar-refractivity contribution in [2.75, 3.05) is 0 Å². The van der Waals surface area contributed by atoms with E-state index < -0.39 is 0 Å². The van der Waals surface area contributed by atoms with Crippen LogP contribution in [0.4, 0.5) is 0 Å². The van der Waals surface area contributed by atoms with Gasteiger partial charge in [-0.05, 0) is 58.5 Å². The summed E-state index contributed by atoms with van der Waals surface area (Å²) in [5, 5.41) is 2.51. The van der Waals surface area contributed by atoms with Gasteiger partial charge >= 0.3 is 0 Å². The van der Waals surface area contributed by atoms with E-state index in [0.29, 0.717) is 17.5 Å². The van der Waals surface area contributed by atoms with Gasteiger partial charge in [-0.25, -0.2) is 15.0 Å². The molecule has 0 unspecified atom stereocenters. The van der Waals surface area contributed by atoms with E-state index in [9.17, 15) is 0 Å². The third kappa shape index (κ3) is 5.66. The number of hydrogen-bond donors (Lipinski definition) is 0. The number of hydrogen-bond acceptors (Lipinski definition) is 4. The maximum Gasteiger partial charge on any atom is 0.164 e. The highest BCUT2D eigenvalue weighted by Gasteiger charge is 2.16. The summed E-state index contributed by atoms with van der Waals surface area (Å²) in [7, 11) is 0. The van der Waals surface area contributed by atoms with E-state index in [4.69, 9.17) is 15.0 Å². The van der Waals surface area contributed by atoms with Crippen LogP contribution in [-0.2, 0) is 0 Å². The monoisotopic (exact) mass is 657 g/mol. The van der Waals surface area contributed by atoms with Crippen molar-refractivity contribution in [2.24, 2.45) is 0 Å². The van der Waals surface area contributed by atoms with E-state index in [1.165, 1.54) is 53.6 Å². The zero-order valence-corrected chi connectivity index (χ0v) is 28.2. The van der Waals surface area contributed by atoms with Crippen LogP contribution in [0.3, 0.4) is 0 Å². The van der Waals surface area contributed by atoms with Crippen molar-refractivity contribution in [1.82, 2.24) is 15.0 Å². The van der Waals surface area contributed by atoms with E-state index in [2.05, 4.69) is 159 Å². The first-order chi connectivity index (χ1) is 24.7. The minimum atomic E-state index is 0.654. The van der Waals surface area contributed by atoms with Gasteiger partial charge in [0.15, 0.2) is 17.5 Å². The number of rotatable bonds is 6. The van der Waals surface area contributed by atoms with Crippen LogP contribution in [-0.4, -0.2) is 15.0 Å². The average molecular weight is 658 g/mol. The molecule has 0 fully saturated rings. The standard InChI is InChI=1S/C46H31N3S/c1-30-11-8-16-35(27-30)36-17-9-18-37(28-36)45-47-44(34-14-6-3-7-15-34)48-46(49-45)38-25-26-40-42(29-38)50-41-20-10-19-39(43(40)41)33-23-21-32(22-24-33)31-12-4-2-5-13-31/h2-29H,1H3. The van der Waals surface area contributed by atoms with Crippen molar-refractivity contribution in [3.8, 4) is 67.5 Å². The van der Waals surface area contributed by atoms with Gasteiger partial charge in [0, 0.05) is 36.9 Å². The Balaban J connectivity index is 1.14. The zero-order chi connectivity index (χ0) is 33.4. The molecule has 2 heterocycles. The van der Waals surface area contributed by atoms with Crippen LogP contribution < -0.4 is 0 Å². The smallest absolute Gasteiger partial charge is 0.164 e. The first-order valence-corrected chi connectivity index (χ1v) is 17.6. The lowest BCUT2D eigenvalue weighted by Crippen LogP contribution is -2.00. The fourth-order valence-electron chi connectivity index (χ4n) is 6.69. The topological polar surface area (TPSA) is 38.7 Å². The Morgan fingerprint density at radius 2 is 0.880 bits per heavy atom. The highest BCUT2D eigenvalue weighted by Crippen LogP contribution is 2.42. The molecule has 3 nitrogen and oxygen atoms in total. The minimum absolute atomic E-state index is 0.654. The molecule has 0 saturated carbocycles. The van der Waals surface area contributed by atoms with E-state index in [1.54, 1.807) is 0 Å². The molecule has 236 valence electrons. The van der Waals surface area contributed by atoms with Gasteiger partial charge < -0.3 is 0 Å². The van der Waals surface area contributed by atoms with Gasteiger partial charge in [0.2, 0.25) is 0 Å². The summed E-state index contributed by atoms with van der Waals surface area (Å²) >= 11 is 1.81. The van der Waals surface area contributed by atoms with Gasteiger partial charge in [-0.2, -0.15) is 0 Å². The molecule has 9 rings (SSSR count). The van der Waals surface area contributed by atoms with Crippen molar-refractivity contribution in [3.63, 3.8) is 0 Å². The largest absolute Gasteiger partial charge is 0.208 e. The molecule has 0 radical (unpaired) electrons. The third-order valence-corrected chi connectivity index (χ3v) is 10.3. The third-order valence-electron chi connectivity index (χ3n) is 9.20. The molecule has 0 aliphatic heterocycles. The van der Waals surface area contributed by atoms with Gasteiger partial charge in [-0.1, -0.05) is 157 Å². The molecule has 50 heavy (non-hydrogen) atoms.